The lowest BCUT2D eigenvalue weighted by Gasteiger charge is -2.24. The van der Waals surface area contributed by atoms with E-state index >= 15 is 0 Å². The second-order valence-corrected chi connectivity index (χ2v) is 5.60. The number of carbonyl (C=O) groups is 1. The third-order valence-electron chi connectivity index (χ3n) is 4.12. The van der Waals surface area contributed by atoms with Gasteiger partial charge >= 0.3 is 0 Å². The number of piperidine rings is 1. The van der Waals surface area contributed by atoms with Crippen LogP contribution in [0.2, 0.25) is 0 Å². The van der Waals surface area contributed by atoms with Gasteiger partial charge in [0.1, 0.15) is 0 Å². The predicted octanol–water partition coefficient (Wildman–Crippen LogP) is 1.62. The molecular weight excluding hydrogens is 252 g/mol. The largest absolute Gasteiger partial charge is 0.355 e. The van der Waals surface area contributed by atoms with Crippen LogP contribution >= 0.6 is 0 Å². The molecule has 1 atom stereocenters. The summed E-state index contributed by atoms with van der Waals surface area (Å²) in [7, 11) is 0. The van der Waals surface area contributed by atoms with Crippen LogP contribution in [-0.4, -0.2) is 37.1 Å². The van der Waals surface area contributed by atoms with Crippen LogP contribution in [0.3, 0.4) is 0 Å². The summed E-state index contributed by atoms with van der Waals surface area (Å²) in [6, 6.07) is 3.84. The predicted molar refractivity (Wildman–Crippen MR) is 79.9 cm³/mol. The molecule has 0 radical (unpaired) electrons. The van der Waals surface area contributed by atoms with E-state index in [-0.39, 0.29) is 11.8 Å². The van der Waals surface area contributed by atoms with Gasteiger partial charge in [0.05, 0.1) is 11.6 Å². The number of carbonyl (C=O) groups excluding carboxylic acids is 1. The molecule has 1 unspecified atom stereocenters. The summed E-state index contributed by atoms with van der Waals surface area (Å²) in [6.07, 6.45) is 6.25. The first-order chi connectivity index (χ1) is 9.84. The van der Waals surface area contributed by atoms with Crippen molar-refractivity contribution in [2.75, 3.05) is 36.4 Å². The lowest BCUT2D eigenvalue weighted by Crippen LogP contribution is -2.37. The molecule has 5 nitrogen and oxygen atoms in total. The maximum Gasteiger partial charge on any atom is 0.228 e. The highest BCUT2D eigenvalue weighted by atomic mass is 16.1. The quantitative estimate of drug-likeness (QED) is 0.879. The maximum atomic E-state index is 12.3. The molecule has 1 aromatic heterocycles. The first-order valence-corrected chi connectivity index (χ1v) is 7.56. The Balaban J connectivity index is 1.71. The third kappa shape index (κ3) is 2.93. The minimum atomic E-state index is 0.0791. The number of anilines is 2. The molecule has 0 bridgehead atoms. The number of rotatable bonds is 3. The number of hydrogen-bond donors (Lipinski definition) is 2. The van der Waals surface area contributed by atoms with Crippen LogP contribution in [0.15, 0.2) is 18.3 Å². The Morgan fingerprint density at radius 2 is 2.20 bits per heavy atom. The zero-order valence-corrected chi connectivity index (χ0v) is 11.8. The summed E-state index contributed by atoms with van der Waals surface area (Å²) < 4.78 is 0. The van der Waals surface area contributed by atoms with Crippen molar-refractivity contribution in [2.24, 2.45) is 5.92 Å². The Morgan fingerprint density at radius 1 is 1.35 bits per heavy atom. The smallest absolute Gasteiger partial charge is 0.228 e. The van der Waals surface area contributed by atoms with Crippen LogP contribution < -0.4 is 15.5 Å². The average Bonchev–Trinajstić information content (AvgIpc) is 3.03. The van der Waals surface area contributed by atoms with E-state index in [1.165, 1.54) is 12.8 Å². The first kappa shape index (κ1) is 13.4. The molecule has 1 amide bonds. The molecular formula is C15H22N4O. The molecule has 108 valence electrons. The molecule has 2 aliphatic heterocycles. The van der Waals surface area contributed by atoms with Gasteiger partial charge in [0.2, 0.25) is 5.91 Å². The maximum absolute atomic E-state index is 12.3. The summed E-state index contributed by atoms with van der Waals surface area (Å²) in [6.45, 7) is 3.87. The van der Waals surface area contributed by atoms with Crippen LogP contribution in [-0.2, 0) is 4.79 Å². The minimum Gasteiger partial charge on any atom is -0.355 e. The topological polar surface area (TPSA) is 57.3 Å². The normalized spacial score (nSPS) is 22.8. The second-order valence-electron chi connectivity index (χ2n) is 5.60. The average molecular weight is 274 g/mol. The van der Waals surface area contributed by atoms with Gasteiger partial charge in [0.25, 0.3) is 0 Å². The standard InChI is InChI=1S/C15H22N4O/c20-15(12-5-3-7-16-11-12)18-13-6-4-8-17-14(13)19-9-1-2-10-19/h4,6,8,12,16H,1-3,5,7,9-11H2,(H,18,20). The van der Waals surface area contributed by atoms with Gasteiger partial charge in [0.15, 0.2) is 5.82 Å². The first-order valence-electron chi connectivity index (χ1n) is 7.56. The summed E-state index contributed by atoms with van der Waals surface area (Å²) >= 11 is 0. The van der Waals surface area contributed by atoms with Gasteiger partial charge in [-0.3, -0.25) is 4.79 Å². The van der Waals surface area contributed by atoms with E-state index in [1.807, 2.05) is 12.1 Å². The number of amides is 1. The summed E-state index contributed by atoms with van der Waals surface area (Å²) in [5.74, 6) is 1.11. The number of hydrogen-bond acceptors (Lipinski definition) is 4. The molecule has 3 heterocycles. The van der Waals surface area contributed by atoms with Crippen LogP contribution in [0.5, 0.6) is 0 Å². The second kappa shape index (κ2) is 6.22. The number of aromatic nitrogens is 1. The van der Waals surface area contributed by atoms with Crippen molar-refractivity contribution in [2.45, 2.75) is 25.7 Å². The van der Waals surface area contributed by atoms with Gasteiger partial charge in [-0.25, -0.2) is 4.98 Å². The Bertz CT molecular complexity index is 465. The lowest BCUT2D eigenvalue weighted by atomic mass is 9.99. The van der Waals surface area contributed by atoms with Crippen molar-refractivity contribution in [3.63, 3.8) is 0 Å². The Kier molecular flexibility index (Phi) is 4.16. The zero-order valence-electron chi connectivity index (χ0n) is 11.8. The Morgan fingerprint density at radius 3 is 2.95 bits per heavy atom. The van der Waals surface area contributed by atoms with Crippen LogP contribution in [0.25, 0.3) is 0 Å². The monoisotopic (exact) mass is 274 g/mol. The van der Waals surface area contributed by atoms with Crippen molar-refractivity contribution in [3.05, 3.63) is 18.3 Å². The van der Waals surface area contributed by atoms with Crippen LogP contribution in [0.4, 0.5) is 11.5 Å². The van der Waals surface area contributed by atoms with E-state index in [0.29, 0.717) is 0 Å². The molecule has 3 rings (SSSR count). The van der Waals surface area contributed by atoms with Crippen LogP contribution in [0, 0.1) is 5.92 Å². The van der Waals surface area contributed by atoms with Crippen molar-refractivity contribution in [1.82, 2.24) is 10.3 Å². The van der Waals surface area contributed by atoms with Crippen molar-refractivity contribution >= 4 is 17.4 Å². The molecule has 2 N–H and O–H groups in total. The molecule has 20 heavy (non-hydrogen) atoms. The summed E-state index contributed by atoms with van der Waals surface area (Å²) in [5.41, 5.74) is 0.852. The molecule has 0 spiro atoms. The highest BCUT2D eigenvalue weighted by molar-refractivity contribution is 5.95. The van der Waals surface area contributed by atoms with Gasteiger partial charge in [-0.15, -0.1) is 0 Å². The minimum absolute atomic E-state index is 0.0791. The van der Waals surface area contributed by atoms with E-state index < -0.39 is 0 Å². The SMILES string of the molecule is O=C(Nc1cccnc1N1CCCC1)C1CCCNC1. The number of nitrogens with one attached hydrogen (secondary N) is 2. The van der Waals surface area contributed by atoms with E-state index in [4.69, 9.17) is 0 Å². The summed E-state index contributed by atoms with van der Waals surface area (Å²) in [5, 5.41) is 6.36. The third-order valence-corrected chi connectivity index (χ3v) is 4.12. The van der Waals surface area contributed by atoms with E-state index in [0.717, 1.165) is 50.5 Å². The highest BCUT2D eigenvalue weighted by Gasteiger charge is 2.23. The zero-order chi connectivity index (χ0) is 13.8. The Labute approximate surface area is 119 Å². The fourth-order valence-electron chi connectivity index (χ4n) is 2.99. The van der Waals surface area contributed by atoms with Gasteiger partial charge in [0, 0.05) is 25.8 Å². The number of nitrogens with zero attached hydrogens (tertiary/aromatic N) is 2. The molecule has 2 fully saturated rings. The molecule has 0 aromatic carbocycles. The fourth-order valence-corrected chi connectivity index (χ4v) is 2.99. The molecule has 0 saturated carbocycles. The van der Waals surface area contributed by atoms with Gasteiger partial charge in [-0.2, -0.15) is 0 Å². The molecule has 2 saturated heterocycles. The lowest BCUT2D eigenvalue weighted by molar-refractivity contribution is -0.120. The van der Waals surface area contributed by atoms with Crippen molar-refractivity contribution in [1.29, 1.82) is 0 Å². The molecule has 0 aliphatic carbocycles. The van der Waals surface area contributed by atoms with Gasteiger partial charge in [-0.05, 0) is 44.4 Å². The summed E-state index contributed by atoms with van der Waals surface area (Å²) in [4.78, 5) is 19.1. The highest BCUT2D eigenvalue weighted by Crippen LogP contribution is 2.26. The Hall–Kier alpha value is -1.62. The van der Waals surface area contributed by atoms with Gasteiger partial charge in [-0.1, -0.05) is 0 Å². The van der Waals surface area contributed by atoms with E-state index in [9.17, 15) is 4.79 Å². The number of pyridine rings is 1. The van der Waals surface area contributed by atoms with Crippen LogP contribution in [0.1, 0.15) is 25.7 Å². The molecule has 5 heteroatoms. The van der Waals surface area contributed by atoms with Gasteiger partial charge < -0.3 is 15.5 Å². The van der Waals surface area contributed by atoms with E-state index in [1.54, 1.807) is 6.20 Å². The van der Waals surface area contributed by atoms with E-state index in [2.05, 4.69) is 20.5 Å². The molecule has 1 aromatic rings. The van der Waals surface area contributed by atoms with Crippen molar-refractivity contribution < 1.29 is 4.79 Å². The van der Waals surface area contributed by atoms with Crippen molar-refractivity contribution in [3.8, 4) is 0 Å². The fraction of sp³-hybridized carbons (Fsp3) is 0.600. The molecule has 2 aliphatic rings.